The normalized spacial score (nSPS) is 9.95. The third-order valence-electron chi connectivity index (χ3n) is 2.51. The number of benzene rings is 1. The highest BCUT2D eigenvalue weighted by Crippen LogP contribution is 2.34. The molecule has 0 unspecified atom stereocenters. The summed E-state index contributed by atoms with van der Waals surface area (Å²) in [6, 6.07) is 3.68. The van der Waals surface area contributed by atoms with E-state index < -0.39 is 0 Å². The molecule has 1 N–H and O–H groups in total. The van der Waals surface area contributed by atoms with E-state index >= 15 is 0 Å². The standard InChI is InChI=1S/C15H20BrNO3/c1-4-7-17-15(18)9-11-8-13(19-5-2)14(20-6-3)10-12(11)16/h4,8,10H,1,5-7,9H2,2-3H3,(H,17,18). The van der Waals surface area contributed by atoms with Crippen LogP contribution in [0.15, 0.2) is 29.3 Å². The Hall–Kier alpha value is -1.49. The van der Waals surface area contributed by atoms with Crippen LogP contribution in [0.25, 0.3) is 0 Å². The summed E-state index contributed by atoms with van der Waals surface area (Å²) < 4.78 is 11.9. The Morgan fingerprint density at radius 3 is 2.45 bits per heavy atom. The van der Waals surface area contributed by atoms with E-state index in [0.29, 0.717) is 31.3 Å². The van der Waals surface area contributed by atoms with Gasteiger partial charge >= 0.3 is 0 Å². The Kier molecular flexibility index (Phi) is 7.15. The first-order valence-electron chi connectivity index (χ1n) is 6.57. The van der Waals surface area contributed by atoms with Crippen LogP contribution in [0.2, 0.25) is 0 Å². The third kappa shape index (κ3) is 4.89. The van der Waals surface area contributed by atoms with Crippen molar-refractivity contribution in [1.82, 2.24) is 5.32 Å². The van der Waals surface area contributed by atoms with Crippen molar-refractivity contribution < 1.29 is 14.3 Å². The van der Waals surface area contributed by atoms with Crippen LogP contribution in [0.5, 0.6) is 11.5 Å². The number of nitrogens with one attached hydrogen (secondary N) is 1. The highest BCUT2D eigenvalue weighted by Gasteiger charge is 2.13. The van der Waals surface area contributed by atoms with Crippen LogP contribution >= 0.6 is 15.9 Å². The smallest absolute Gasteiger partial charge is 0.224 e. The van der Waals surface area contributed by atoms with Crippen molar-refractivity contribution in [2.75, 3.05) is 19.8 Å². The van der Waals surface area contributed by atoms with E-state index in [4.69, 9.17) is 9.47 Å². The minimum atomic E-state index is -0.0581. The van der Waals surface area contributed by atoms with E-state index in [0.717, 1.165) is 10.0 Å². The van der Waals surface area contributed by atoms with Gasteiger partial charge in [-0.05, 0) is 31.5 Å². The molecule has 0 fully saturated rings. The second-order valence-electron chi connectivity index (χ2n) is 4.03. The van der Waals surface area contributed by atoms with Crippen molar-refractivity contribution in [3.05, 3.63) is 34.8 Å². The van der Waals surface area contributed by atoms with Crippen LogP contribution in [0.4, 0.5) is 0 Å². The van der Waals surface area contributed by atoms with E-state index in [-0.39, 0.29) is 12.3 Å². The van der Waals surface area contributed by atoms with E-state index in [9.17, 15) is 4.79 Å². The van der Waals surface area contributed by atoms with E-state index in [1.165, 1.54) is 0 Å². The summed E-state index contributed by atoms with van der Waals surface area (Å²) in [5.74, 6) is 1.28. The van der Waals surface area contributed by atoms with Crippen LogP contribution < -0.4 is 14.8 Å². The number of carbonyl (C=O) groups is 1. The van der Waals surface area contributed by atoms with Gasteiger partial charge in [0.15, 0.2) is 11.5 Å². The number of hydrogen-bond donors (Lipinski definition) is 1. The highest BCUT2D eigenvalue weighted by molar-refractivity contribution is 9.10. The number of hydrogen-bond acceptors (Lipinski definition) is 3. The van der Waals surface area contributed by atoms with Gasteiger partial charge in [-0.25, -0.2) is 0 Å². The Balaban J connectivity index is 2.93. The molecule has 0 bridgehead atoms. The maximum atomic E-state index is 11.8. The van der Waals surface area contributed by atoms with Crippen molar-refractivity contribution in [2.45, 2.75) is 20.3 Å². The number of halogens is 1. The largest absolute Gasteiger partial charge is 0.490 e. The monoisotopic (exact) mass is 341 g/mol. The van der Waals surface area contributed by atoms with Crippen LogP contribution in [-0.4, -0.2) is 25.7 Å². The Morgan fingerprint density at radius 2 is 1.90 bits per heavy atom. The third-order valence-corrected chi connectivity index (χ3v) is 3.25. The molecular formula is C15H20BrNO3. The number of ether oxygens (including phenoxy) is 2. The zero-order valence-corrected chi connectivity index (χ0v) is 13.5. The summed E-state index contributed by atoms with van der Waals surface area (Å²) in [6.07, 6.45) is 1.93. The second kappa shape index (κ2) is 8.64. The molecule has 0 atom stereocenters. The van der Waals surface area contributed by atoms with Crippen LogP contribution in [0.1, 0.15) is 19.4 Å². The van der Waals surface area contributed by atoms with E-state index in [2.05, 4.69) is 27.8 Å². The molecule has 0 heterocycles. The lowest BCUT2D eigenvalue weighted by Crippen LogP contribution is -2.25. The molecule has 5 heteroatoms. The first kappa shape index (κ1) is 16.6. The predicted molar refractivity (Wildman–Crippen MR) is 83.4 cm³/mol. The summed E-state index contributed by atoms with van der Waals surface area (Å²) in [7, 11) is 0. The number of rotatable bonds is 8. The molecule has 1 amide bonds. The molecule has 0 saturated carbocycles. The van der Waals surface area contributed by atoms with Crippen molar-refractivity contribution in [3.63, 3.8) is 0 Å². The zero-order valence-electron chi connectivity index (χ0n) is 11.9. The van der Waals surface area contributed by atoms with Gasteiger partial charge < -0.3 is 14.8 Å². The molecule has 1 aromatic carbocycles. The number of amides is 1. The lowest BCUT2D eigenvalue weighted by Gasteiger charge is -2.14. The summed E-state index contributed by atoms with van der Waals surface area (Å²) in [5.41, 5.74) is 0.860. The van der Waals surface area contributed by atoms with Gasteiger partial charge in [0.05, 0.1) is 19.6 Å². The van der Waals surface area contributed by atoms with Crippen molar-refractivity contribution in [1.29, 1.82) is 0 Å². The van der Waals surface area contributed by atoms with Crippen LogP contribution in [-0.2, 0) is 11.2 Å². The average molecular weight is 342 g/mol. The SMILES string of the molecule is C=CCNC(=O)Cc1cc(OCC)c(OCC)cc1Br. The van der Waals surface area contributed by atoms with Gasteiger partial charge in [-0.2, -0.15) is 0 Å². The number of carbonyl (C=O) groups excluding carboxylic acids is 1. The molecule has 0 aromatic heterocycles. The Labute approximate surface area is 128 Å². The molecule has 0 aliphatic rings. The van der Waals surface area contributed by atoms with Gasteiger partial charge in [0.1, 0.15) is 0 Å². The fourth-order valence-corrected chi connectivity index (χ4v) is 2.13. The minimum Gasteiger partial charge on any atom is -0.490 e. The average Bonchev–Trinajstić information content (AvgIpc) is 2.42. The maximum absolute atomic E-state index is 11.8. The molecule has 0 radical (unpaired) electrons. The van der Waals surface area contributed by atoms with Gasteiger partial charge in [-0.1, -0.05) is 22.0 Å². The molecule has 1 rings (SSSR count). The quantitative estimate of drug-likeness (QED) is 0.739. The lowest BCUT2D eigenvalue weighted by molar-refractivity contribution is -0.120. The molecule has 1 aromatic rings. The maximum Gasteiger partial charge on any atom is 0.224 e. The topological polar surface area (TPSA) is 47.6 Å². The molecule has 0 aliphatic heterocycles. The van der Waals surface area contributed by atoms with Crippen molar-refractivity contribution >= 4 is 21.8 Å². The molecule has 20 heavy (non-hydrogen) atoms. The molecule has 4 nitrogen and oxygen atoms in total. The summed E-state index contributed by atoms with van der Waals surface area (Å²) in [4.78, 5) is 11.8. The first-order chi connectivity index (χ1) is 9.62. The Morgan fingerprint density at radius 1 is 1.30 bits per heavy atom. The summed E-state index contributed by atoms with van der Waals surface area (Å²) >= 11 is 3.46. The first-order valence-corrected chi connectivity index (χ1v) is 7.37. The molecule has 0 aliphatic carbocycles. The zero-order chi connectivity index (χ0) is 15.0. The fourth-order valence-electron chi connectivity index (χ4n) is 1.67. The molecule has 0 spiro atoms. The van der Waals surface area contributed by atoms with Crippen LogP contribution in [0, 0.1) is 0 Å². The molecule has 0 saturated heterocycles. The van der Waals surface area contributed by atoms with E-state index in [1.807, 2.05) is 26.0 Å². The van der Waals surface area contributed by atoms with Gasteiger partial charge in [0.2, 0.25) is 5.91 Å². The van der Waals surface area contributed by atoms with Gasteiger partial charge in [-0.15, -0.1) is 6.58 Å². The predicted octanol–water partition coefficient (Wildman–Crippen LogP) is 3.09. The van der Waals surface area contributed by atoms with Gasteiger partial charge in [0, 0.05) is 11.0 Å². The van der Waals surface area contributed by atoms with Crippen molar-refractivity contribution in [2.24, 2.45) is 0 Å². The minimum absolute atomic E-state index is 0.0581. The summed E-state index contributed by atoms with van der Waals surface area (Å²) in [6.45, 7) is 8.97. The Bertz CT molecular complexity index is 474. The molecular weight excluding hydrogens is 322 g/mol. The lowest BCUT2D eigenvalue weighted by atomic mass is 10.1. The second-order valence-corrected chi connectivity index (χ2v) is 4.88. The highest BCUT2D eigenvalue weighted by atomic mass is 79.9. The molecule has 110 valence electrons. The van der Waals surface area contributed by atoms with Crippen molar-refractivity contribution in [3.8, 4) is 11.5 Å². The fraction of sp³-hybridized carbons (Fsp3) is 0.400. The van der Waals surface area contributed by atoms with E-state index in [1.54, 1.807) is 6.08 Å². The van der Waals surface area contributed by atoms with Crippen LogP contribution in [0.3, 0.4) is 0 Å². The van der Waals surface area contributed by atoms with Gasteiger partial charge in [0.25, 0.3) is 0 Å². The van der Waals surface area contributed by atoms with Gasteiger partial charge in [-0.3, -0.25) is 4.79 Å². The summed E-state index contributed by atoms with van der Waals surface area (Å²) in [5, 5.41) is 2.75.